The predicted molar refractivity (Wildman–Crippen MR) is 111 cm³/mol. The molecule has 162 valence electrons. The molecule has 0 spiro atoms. The number of nitro benzene ring substituents is 1. The predicted octanol–water partition coefficient (Wildman–Crippen LogP) is 3.72. The largest absolute Gasteiger partial charge is 0.449 e. The van der Waals surface area contributed by atoms with Crippen molar-refractivity contribution in [3.8, 4) is 0 Å². The van der Waals surface area contributed by atoms with E-state index in [-0.39, 0.29) is 12.3 Å². The maximum Gasteiger partial charge on any atom is 0.421 e. The number of nitro groups is 2. The summed E-state index contributed by atoms with van der Waals surface area (Å²) in [4.78, 5) is 48.5. The summed E-state index contributed by atoms with van der Waals surface area (Å²) in [5.74, 6) is -1.62. The van der Waals surface area contributed by atoms with Gasteiger partial charge in [-0.3, -0.25) is 25.0 Å². The average molecular weight is 427 g/mol. The zero-order chi connectivity index (χ0) is 22.9. The molecule has 0 bridgehead atoms. The zero-order valence-electron chi connectivity index (χ0n) is 17.2. The molecule has 2 atom stereocenters. The van der Waals surface area contributed by atoms with Crippen molar-refractivity contribution in [3.05, 3.63) is 79.4 Å². The molecule has 0 aliphatic carbocycles. The summed E-state index contributed by atoms with van der Waals surface area (Å²) in [6, 6.07) is 10.4. The molecule has 0 aromatic heterocycles. The van der Waals surface area contributed by atoms with E-state index in [1.807, 2.05) is 6.92 Å². The fourth-order valence-corrected chi connectivity index (χ4v) is 4.02. The number of carbonyl (C=O) groups excluding carboxylic acids is 2. The van der Waals surface area contributed by atoms with E-state index in [1.54, 1.807) is 32.0 Å². The Balaban J connectivity index is 2.20. The van der Waals surface area contributed by atoms with Crippen LogP contribution in [0.1, 0.15) is 36.5 Å². The summed E-state index contributed by atoms with van der Waals surface area (Å²) in [6.07, 6.45) is -0.857. The lowest BCUT2D eigenvalue weighted by Gasteiger charge is -2.31. The Morgan fingerprint density at radius 2 is 1.81 bits per heavy atom. The number of hydrogen-bond acceptors (Lipinski definition) is 7. The normalized spacial score (nSPS) is 18.4. The average Bonchev–Trinajstić information content (AvgIpc) is 2.94. The molecule has 2 amide bonds. The number of rotatable bonds is 6. The molecule has 0 saturated carbocycles. The molecule has 1 aliphatic heterocycles. The van der Waals surface area contributed by atoms with E-state index in [0.717, 1.165) is 10.5 Å². The Kier molecular flexibility index (Phi) is 5.74. The number of nitrogens with zero attached hydrogens (tertiary/aromatic N) is 3. The van der Waals surface area contributed by atoms with Gasteiger partial charge in [-0.05, 0) is 38.0 Å². The molecule has 2 aromatic rings. The number of imide groups is 1. The van der Waals surface area contributed by atoms with Crippen LogP contribution in [0.25, 0.3) is 0 Å². The molecule has 1 heterocycles. The third-order valence-electron chi connectivity index (χ3n) is 5.59. The molecular formula is C21H21N3O7. The minimum absolute atomic E-state index is 0.0567. The van der Waals surface area contributed by atoms with Crippen LogP contribution in [0.3, 0.4) is 0 Å². The van der Waals surface area contributed by atoms with Crippen LogP contribution in [0.5, 0.6) is 0 Å². The highest BCUT2D eigenvalue weighted by Gasteiger charge is 2.56. The van der Waals surface area contributed by atoms with Crippen molar-refractivity contribution in [3.63, 3.8) is 0 Å². The topological polar surface area (TPSA) is 133 Å². The van der Waals surface area contributed by atoms with Gasteiger partial charge in [0.05, 0.1) is 28.6 Å². The van der Waals surface area contributed by atoms with Gasteiger partial charge < -0.3 is 4.74 Å². The molecule has 0 radical (unpaired) electrons. The van der Waals surface area contributed by atoms with Crippen LogP contribution in [0.4, 0.5) is 16.2 Å². The smallest absolute Gasteiger partial charge is 0.421 e. The van der Waals surface area contributed by atoms with Gasteiger partial charge in [0, 0.05) is 17.1 Å². The molecule has 0 unspecified atom stereocenters. The van der Waals surface area contributed by atoms with E-state index in [1.165, 1.54) is 24.3 Å². The molecule has 2 aromatic carbocycles. The summed E-state index contributed by atoms with van der Waals surface area (Å²) in [6.45, 7) is 4.43. The van der Waals surface area contributed by atoms with Crippen LogP contribution in [0, 0.1) is 27.2 Å². The van der Waals surface area contributed by atoms with Crippen molar-refractivity contribution in [2.45, 2.75) is 32.1 Å². The number of fused-ring (bicyclic) bond motifs is 1. The van der Waals surface area contributed by atoms with Crippen LogP contribution < -0.4 is 4.90 Å². The SMILES string of the molecule is CCOC(=O)N1C(=O)[C@@](C)([C@H](C[N+](=O)[O-])c2ccc([N+](=O)[O-])cc2)c2cc(C)ccc21. The minimum Gasteiger partial charge on any atom is -0.449 e. The second-order valence-electron chi connectivity index (χ2n) is 7.48. The molecule has 0 saturated heterocycles. The van der Waals surface area contributed by atoms with Crippen molar-refractivity contribution in [1.29, 1.82) is 0 Å². The van der Waals surface area contributed by atoms with E-state index in [2.05, 4.69) is 0 Å². The number of ether oxygens (including phenoxy) is 1. The van der Waals surface area contributed by atoms with Gasteiger partial charge in [0.15, 0.2) is 0 Å². The van der Waals surface area contributed by atoms with Gasteiger partial charge >= 0.3 is 6.09 Å². The van der Waals surface area contributed by atoms with Gasteiger partial charge in [-0.1, -0.05) is 29.8 Å². The van der Waals surface area contributed by atoms with E-state index >= 15 is 0 Å². The van der Waals surface area contributed by atoms with Gasteiger partial charge in [0.25, 0.3) is 5.69 Å². The van der Waals surface area contributed by atoms with E-state index in [4.69, 9.17) is 4.74 Å². The lowest BCUT2D eigenvalue weighted by Crippen LogP contribution is -2.46. The second-order valence-corrected chi connectivity index (χ2v) is 7.48. The van der Waals surface area contributed by atoms with Gasteiger partial charge in [-0.25, -0.2) is 9.69 Å². The zero-order valence-corrected chi connectivity index (χ0v) is 17.2. The van der Waals surface area contributed by atoms with E-state index < -0.39 is 39.7 Å². The van der Waals surface area contributed by atoms with Gasteiger partial charge in [0.1, 0.15) is 0 Å². The highest BCUT2D eigenvalue weighted by molar-refractivity contribution is 6.21. The first-order valence-corrected chi connectivity index (χ1v) is 9.59. The first-order chi connectivity index (χ1) is 14.6. The Bertz CT molecular complexity index is 1070. The third-order valence-corrected chi connectivity index (χ3v) is 5.59. The molecule has 10 heteroatoms. The highest BCUT2D eigenvalue weighted by Crippen LogP contribution is 2.50. The number of non-ortho nitro benzene ring substituents is 1. The molecular weight excluding hydrogens is 406 g/mol. The van der Waals surface area contributed by atoms with Gasteiger partial charge in [0.2, 0.25) is 12.5 Å². The summed E-state index contributed by atoms with van der Waals surface area (Å²) in [5.41, 5.74) is 0.346. The van der Waals surface area contributed by atoms with Crippen molar-refractivity contribution in [2.24, 2.45) is 0 Å². The monoisotopic (exact) mass is 427 g/mol. The number of aryl methyl sites for hydroxylation is 1. The summed E-state index contributed by atoms with van der Waals surface area (Å²) < 4.78 is 5.04. The van der Waals surface area contributed by atoms with E-state index in [0.29, 0.717) is 16.8 Å². The Morgan fingerprint density at radius 3 is 2.35 bits per heavy atom. The van der Waals surface area contributed by atoms with Crippen molar-refractivity contribution in [2.75, 3.05) is 18.1 Å². The summed E-state index contributed by atoms with van der Waals surface area (Å²) >= 11 is 0. The lowest BCUT2D eigenvalue weighted by molar-refractivity contribution is -0.484. The Hall–Kier alpha value is -3.82. The van der Waals surface area contributed by atoms with Crippen LogP contribution in [0.2, 0.25) is 0 Å². The van der Waals surface area contributed by atoms with Crippen molar-refractivity contribution in [1.82, 2.24) is 0 Å². The van der Waals surface area contributed by atoms with Crippen molar-refractivity contribution >= 4 is 23.4 Å². The van der Waals surface area contributed by atoms with Crippen LogP contribution in [-0.4, -0.2) is 35.0 Å². The first kappa shape index (κ1) is 21.9. The molecule has 31 heavy (non-hydrogen) atoms. The van der Waals surface area contributed by atoms with Crippen molar-refractivity contribution < 1.29 is 24.2 Å². The van der Waals surface area contributed by atoms with Crippen LogP contribution in [-0.2, 0) is 14.9 Å². The van der Waals surface area contributed by atoms with Crippen LogP contribution >= 0.6 is 0 Å². The van der Waals surface area contributed by atoms with Gasteiger partial charge in [-0.2, -0.15) is 0 Å². The summed E-state index contributed by atoms with van der Waals surface area (Å²) in [5, 5.41) is 22.5. The maximum absolute atomic E-state index is 13.6. The third kappa shape index (κ3) is 3.72. The van der Waals surface area contributed by atoms with Crippen LogP contribution in [0.15, 0.2) is 42.5 Å². The number of carbonyl (C=O) groups is 2. The fourth-order valence-electron chi connectivity index (χ4n) is 4.02. The molecule has 1 aliphatic rings. The Labute approximate surface area is 177 Å². The molecule has 0 fully saturated rings. The number of benzene rings is 2. The molecule has 0 N–H and O–H groups in total. The minimum atomic E-state index is -1.46. The summed E-state index contributed by atoms with van der Waals surface area (Å²) in [7, 11) is 0. The second kappa shape index (κ2) is 8.13. The first-order valence-electron chi connectivity index (χ1n) is 9.59. The van der Waals surface area contributed by atoms with Gasteiger partial charge in [-0.15, -0.1) is 0 Å². The molecule has 3 rings (SSSR count). The highest BCUT2D eigenvalue weighted by atomic mass is 16.6. The maximum atomic E-state index is 13.6. The fraction of sp³-hybridized carbons (Fsp3) is 0.333. The van der Waals surface area contributed by atoms with E-state index in [9.17, 15) is 29.8 Å². The number of anilines is 1. The standard InChI is InChI=1S/C21H21N3O7/c1-4-31-20(26)23-18-10-5-13(2)11-16(18)21(3,19(23)25)17(12-22(27)28)14-6-8-15(9-7-14)24(29)30/h5-11,17H,4,12H2,1-3H3/t17-,21-/m1/s1. The molecule has 10 nitrogen and oxygen atoms in total. The Morgan fingerprint density at radius 1 is 1.16 bits per heavy atom. The number of amides is 2. The lowest BCUT2D eigenvalue weighted by atomic mass is 9.69. The number of hydrogen-bond donors (Lipinski definition) is 0. The quantitative estimate of drug-likeness (QED) is 0.507.